The molecular formula is C18H23O2Y2-. The molecule has 4 heteroatoms. The van der Waals surface area contributed by atoms with E-state index in [4.69, 9.17) is 16.8 Å². The third kappa shape index (κ3) is 9.20. The first kappa shape index (κ1) is 26.9. The molecule has 0 bridgehead atoms. The largest absolute Gasteiger partial charge is 0.508 e. The summed E-state index contributed by atoms with van der Waals surface area (Å²) in [5.41, 5.74) is 2.28. The van der Waals surface area contributed by atoms with Gasteiger partial charge in [-0.3, -0.25) is 0 Å². The first-order valence-corrected chi connectivity index (χ1v) is 6.88. The molecule has 0 aliphatic rings. The molecule has 0 saturated carbocycles. The van der Waals surface area contributed by atoms with E-state index in [9.17, 15) is 0 Å². The average Bonchev–Trinajstić information content (AvgIpc) is 2.52. The van der Waals surface area contributed by atoms with Crippen LogP contribution in [0.3, 0.4) is 0 Å². The molecule has 2 aromatic rings. The maximum atomic E-state index is 9.16. The first-order valence-electron chi connectivity index (χ1n) is 6.88. The van der Waals surface area contributed by atoms with Gasteiger partial charge in [-0.05, 0) is 24.3 Å². The summed E-state index contributed by atoms with van der Waals surface area (Å²) in [4.78, 5) is 0. The zero-order chi connectivity index (χ0) is 15.5. The van der Waals surface area contributed by atoms with Crippen molar-refractivity contribution < 1.29 is 75.6 Å². The fourth-order valence-corrected chi connectivity index (χ4v) is 1.45. The van der Waals surface area contributed by atoms with E-state index in [1.165, 1.54) is 0 Å². The van der Waals surface area contributed by atoms with Crippen molar-refractivity contribution in [2.75, 3.05) is 0 Å². The van der Waals surface area contributed by atoms with Crippen molar-refractivity contribution in [1.29, 1.82) is 0 Å². The second kappa shape index (κ2) is 15.9. The van der Waals surface area contributed by atoms with Crippen molar-refractivity contribution >= 4 is 5.57 Å². The maximum Gasteiger partial charge on any atom is 0.113 e. The number of phenolic OH excluding ortho intramolecular Hbond substituents is 2. The molecule has 0 saturated heterocycles. The number of phenols is 2. The second-order valence-corrected chi connectivity index (χ2v) is 3.51. The molecule has 2 radical (unpaired) electrons. The standard InChI is InChI=1S/C14H11O2.2C2H6.2Y/c1-10(11-2-6-13(15)7-3-11)12-4-8-14(16)9-5-12;2*1-2;;/h1-9,15-16H;2*1-2H3;;/q-1;;;;. The summed E-state index contributed by atoms with van der Waals surface area (Å²) in [5, 5.41) is 18.3. The van der Waals surface area contributed by atoms with Gasteiger partial charge in [-0.1, -0.05) is 27.7 Å². The van der Waals surface area contributed by atoms with Crippen molar-refractivity contribution in [3.63, 3.8) is 0 Å². The minimum absolute atomic E-state index is 0. The fraction of sp³-hybridized carbons (Fsp3) is 0.222. The number of benzene rings is 2. The van der Waals surface area contributed by atoms with Gasteiger partial charge in [0.15, 0.2) is 0 Å². The molecule has 2 nitrogen and oxygen atoms in total. The molecule has 114 valence electrons. The summed E-state index contributed by atoms with van der Waals surface area (Å²) >= 11 is 0. The molecule has 0 unspecified atom stereocenters. The number of aromatic hydroxyl groups is 2. The zero-order valence-corrected chi connectivity index (χ0v) is 19.4. The van der Waals surface area contributed by atoms with Crippen LogP contribution in [0.1, 0.15) is 38.8 Å². The van der Waals surface area contributed by atoms with Crippen LogP contribution < -0.4 is 0 Å². The average molecular weight is 449 g/mol. The van der Waals surface area contributed by atoms with Gasteiger partial charge in [0.1, 0.15) is 11.5 Å². The molecular weight excluding hydrogens is 426 g/mol. The van der Waals surface area contributed by atoms with Gasteiger partial charge in [0.05, 0.1) is 0 Å². The van der Waals surface area contributed by atoms with Gasteiger partial charge >= 0.3 is 0 Å². The summed E-state index contributed by atoms with van der Waals surface area (Å²) < 4.78 is 0. The van der Waals surface area contributed by atoms with Crippen LogP contribution in [0.5, 0.6) is 11.5 Å². The molecule has 2 aromatic carbocycles. The second-order valence-electron chi connectivity index (χ2n) is 3.51. The summed E-state index contributed by atoms with van der Waals surface area (Å²) in [5.74, 6) is 0.421. The topological polar surface area (TPSA) is 40.5 Å². The van der Waals surface area contributed by atoms with Gasteiger partial charge in [0.25, 0.3) is 0 Å². The third-order valence-electron chi connectivity index (χ3n) is 2.36. The Morgan fingerprint density at radius 3 is 1.09 bits per heavy atom. The van der Waals surface area contributed by atoms with Gasteiger partial charge in [0.2, 0.25) is 0 Å². The molecule has 0 aliphatic carbocycles. The Morgan fingerprint density at radius 1 is 0.636 bits per heavy atom. The van der Waals surface area contributed by atoms with Crippen LogP contribution in [0.2, 0.25) is 0 Å². The SMILES string of the molecule is CC.CC.[CH-]=C(c1ccc(O)cc1)c1ccc(O)cc1.[Y].[Y]. The Bertz CT molecular complexity index is 458. The van der Waals surface area contributed by atoms with E-state index in [0.717, 1.165) is 11.1 Å². The molecule has 0 fully saturated rings. The van der Waals surface area contributed by atoms with Gasteiger partial charge in [-0.25, -0.2) is 6.58 Å². The molecule has 2 N–H and O–H groups in total. The predicted octanol–water partition coefficient (Wildman–Crippen LogP) is 5.01. The van der Waals surface area contributed by atoms with Crippen molar-refractivity contribution in [3.8, 4) is 11.5 Å². The maximum absolute atomic E-state index is 9.16. The summed E-state index contributed by atoms with van der Waals surface area (Å²) in [6.07, 6.45) is 0. The fourth-order valence-electron chi connectivity index (χ4n) is 1.45. The minimum atomic E-state index is 0. The third-order valence-corrected chi connectivity index (χ3v) is 2.36. The Balaban J connectivity index is -0.000000557. The Hall–Kier alpha value is -0.0122. The van der Waals surface area contributed by atoms with E-state index >= 15 is 0 Å². The minimum Gasteiger partial charge on any atom is -0.508 e. The van der Waals surface area contributed by atoms with Gasteiger partial charge < -0.3 is 10.2 Å². The van der Waals surface area contributed by atoms with Crippen LogP contribution >= 0.6 is 0 Å². The van der Waals surface area contributed by atoms with Crippen molar-refractivity contribution in [1.82, 2.24) is 0 Å². The van der Waals surface area contributed by atoms with Crippen LogP contribution in [0, 0.1) is 6.58 Å². The molecule has 0 spiro atoms. The van der Waals surface area contributed by atoms with E-state index < -0.39 is 0 Å². The van der Waals surface area contributed by atoms with Crippen LogP contribution in [0.15, 0.2) is 48.5 Å². The molecule has 0 aliphatic heterocycles. The zero-order valence-electron chi connectivity index (χ0n) is 13.7. The first-order chi connectivity index (χ1) is 9.66. The van der Waals surface area contributed by atoms with Crippen molar-refractivity contribution in [2.24, 2.45) is 0 Å². The van der Waals surface area contributed by atoms with E-state index in [1.807, 2.05) is 27.7 Å². The van der Waals surface area contributed by atoms with E-state index in [1.54, 1.807) is 48.5 Å². The summed E-state index contributed by atoms with van der Waals surface area (Å²) in [7, 11) is 0. The Morgan fingerprint density at radius 2 is 0.864 bits per heavy atom. The van der Waals surface area contributed by atoms with Gasteiger partial charge in [-0.2, -0.15) is 5.57 Å². The normalized spacial score (nSPS) is 7.82. The van der Waals surface area contributed by atoms with Crippen molar-refractivity contribution in [2.45, 2.75) is 27.7 Å². The number of hydrogen-bond donors (Lipinski definition) is 2. The van der Waals surface area contributed by atoms with Crippen LogP contribution in [0.25, 0.3) is 5.57 Å². The molecule has 0 atom stereocenters. The molecule has 0 heterocycles. The monoisotopic (exact) mass is 449 g/mol. The number of rotatable bonds is 2. The molecule has 0 amide bonds. The van der Waals surface area contributed by atoms with Gasteiger partial charge in [0, 0.05) is 65.4 Å². The van der Waals surface area contributed by atoms with E-state index in [0.29, 0.717) is 5.57 Å². The predicted molar refractivity (Wildman–Crippen MR) is 85.7 cm³/mol. The Labute approximate surface area is 184 Å². The molecule has 22 heavy (non-hydrogen) atoms. The molecule has 2 rings (SSSR count). The summed E-state index contributed by atoms with van der Waals surface area (Å²) in [6, 6.07) is 13.3. The van der Waals surface area contributed by atoms with E-state index in [-0.39, 0.29) is 76.9 Å². The van der Waals surface area contributed by atoms with Gasteiger partial charge in [-0.15, -0.1) is 35.4 Å². The summed E-state index contributed by atoms with van der Waals surface area (Å²) in [6.45, 7) is 14.0. The quantitative estimate of drug-likeness (QED) is 0.634. The molecule has 0 aromatic heterocycles. The van der Waals surface area contributed by atoms with Crippen LogP contribution in [-0.2, 0) is 65.4 Å². The van der Waals surface area contributed by atoms with Crippen LogP contribution in [0.4, 0.5) is 0 Å². The Kier molecular flexibility index (Phi) is 19.4. The van der Waals surface area contributed by atoms with Crippen LogP contribution in [-0.4, -0.2) is 10.2 Å². The van der Waals surface area contributed by atoms with Crippen molar-refractivity contribution in [3.05, 3.63) is 66.2 Å². The van der Waals surface area contributed by atoms with E-state index in [2.05, 4.69) is 0 Å². The smallest absolute Gasteiger partial charge is 0.113 e. The number of hydrogen-bond acceptors (Lipinski definition) is 2.